The van der Waals surface area contributed by atoms with Gasteiger partial charge in [0.25, 0.3) is 0 Å². The SMILES string of the molecule is [C-]#[N+]c1ccccc1-c1nc(-c2ccccc2[N+]#[C-])c2cc(-c3cccc4ccccc34)cc(-c3cccc4ccccc34)c2n1. The predicted octanol–water partition coefficient (Wildman–Crippen LogP) is 11.7. The molecule has 4 nitrogen and oxygen atoms in total. The van der Waals surface area contributed by atoms with Crippen LogP contribution in [0.15, 0.2) is 146 Å². The summed E-state index contributed by atoms with van der Waals surface area (Å²) in [6.07, 6.45) is 0. The van der Waals surface area contributed by atoms with Crippen molar-refractivity contribution < 1.29 is 0 Å². The Kier molecular flexibility index (Phi) is 6.53. The molecule has 0 amide bonds. The second-order valence-corrected chi connectivity index (χ2v) is 11.1. The van der Waals surface area contributed by atoms with Crippen molar-refractivity contribution in [3.8, 4) is 44.9 Å². The topological polar surface area (TPSA) is 34.5 Å². The summed E-state index contributed by atoms with van der Waals surface area (Å²) in [5, 5.41) is 5.40. The lowest BCUT2D eigenvalue weighted by Gasteiger charge is -2.18. The van der Waals surface area contributed by atoms with Gasteiger partial charge in [0, 0.05) is 22.1 Å². The second-order valence-electron chi connectivity index (χ2n) is 11.1. The van der Waals surface area contributed by atoms with Crippen LogP contribution < -0.4 is 0 Å². The third-order valence-electron chi connectivity index (χ3n) is 8.53. The molecule has 0 spiro atoms. The van der Waals surface area contributed by atoms with Crippen LogP contribution in [0.2, 0.25) is 0 Å². The summed E-state index contributed by atoms with van der Waals surface area (Å²) in [6.45, 7) is 15.9. The maximum Gasteiger partial charge on any atom is 0.198 e. The maximum absolute atomic E-state index is 8.00. The van der Waals surface area contributed by atoms with Gasteiger partial charge in [0.1, 0.15) is 5.82 Å². The molecule has 0 fully saturated rings. The quantitative estimate of drug-likeness (QED) is 0.193. The molecule has 0 aliphatic rings. The molecule has 8 aromatic rings. The molecule has 0 radical (unpaired) electrons. The molecular weight excluding hydrogens is 560 g/mol. The van der Waals surface area contributed by atoms with E-state index in [1.54, 1.807) is 6.07 Å². The monoisotopic (exact) mass is 584 g/mol. The van der Waals surface area contributed by atoms with E-state index in [2.05, 4.69) is 107 Å². The number of rotatable bonds is 4. The minimum Gasteiger partial charge on any atom is -0.237 e. The van der Waals surface area contributed by atoms with Gasteiger partial charge in [-0.2, -0.15) is 0 Å². The van der Waals surface area contributed by atoms with E-state index in [9.17, 15) is 0 Å². The van der Waals surface area contributed by atoms with Crippen LogP contribution in [0.3, 0.4) is 0 Å². The highest BCUT2D eigenvalue weighted by Gasteiger charge is 2.21. The fraction of sp³-hybridized carbons (Fsp3) is 0. The first-order chi connectivity index (χ1) is 22.7. The van der Waals surface area contributed by atoms with E-state index in [0.29, 0.717) is 28.5 Å². The van der Waals surface area contributed by atoms with Crippen molar-refractivity contribution in [3.63, 3.8) is 0 Å². The van der Waals surface area contributed by atoms with Gasteiger partial charge >= 0.3 is 0 Å². The Hall–Kier alpha value is -6.62. The molecular formula is C42H24N4. The van der Waals surface area contributed by atoms with Crippen molar-refractivity contribution in [1.82, 2.24) is 9.97 Å². The summed E-state index contributed by atoms with van der Waals surface area (Å²) < 4.78 is 0. The fourth-order valence-corrected chi connectivity index (χ4v) is 6.39. The average Bonchev–Trinajstić information content (AvgIpc) is 3.13. The van der Waals surface area contributed by atoms with Gasteiger partial charge in [-0.05, 0) is 50.4 Å². The largest absolute Gasteiger partial charge is 0.237 e. The molecule has 0 saturated carbocycles. The highest BCUT2D eigenvalue weighted by atomic mass is 14.9. The molecule has 4 heteroatoms. The number of nitrogens with zero attached hydrogens (tertiary/aromatic N) is 4. The second kappa shape index (κ2) is 11.1. The van der Waals surface area contributed by atoms with Gasteiger partial charge < -0.3 is 0 Å². The van der Waals surface area contributed by atoms with Crippen molar-refractivity contribution in [2.45, 2.75) is 0 Å². The van der Waals surface area contributed by atoms with E-state index < -0.39 is 0 Å². The van der Waals surface area contributed by atoms with E-state index in [1.807, 2.05) is 42.5 Å². The highest BCUT2D eigenvalue weighted by molar-refractivity contribution is 6.11. The van der Waals surface area contributed by atoms with E-state index in [4.69, 9.17) is 23.1 Å². The molecule has 7 aromatic carbocycles. The van der Waals surface area contributed by atoms with Crippen LogP contribution in [0.1, 0.15) is 0 Å². The molecule has 0 saturated heterocycles. The van der Waals surface area contributed by atoms with E-state index in [0.717, 1.165) is 60.3 Å². The van der Waals surface area contributed by atoms with Crippen molar-refractivity contribution >= 4 is 43.8 Å². The van der Waals surface area contributed by atoms with Crippen molar-refractivity contribution in [3.05, 3.63) is 168 Å². The van der Waals surface area contributed by atoms with Crippen LogP contribution >= 0.6 is 0 Å². The Morgan fingerprint density at radius 3 is 1.63 bits per heavy atom. The van der Waals surface area contributed by atoms with Gasteiger partial charge in [-0.25, -0.2) is 19.7 Å². The lowest BCUT2D eigenvalue weighted by Crippen LogP contribution is -1.98. The zero-order chi connectivity index (χ0) is 31.0. The summed E-state index contributed by atoms with van der Waals surface area (Å²) in [4.78, 5) is 18.1. The number of fused-ring (bicyclic) bond motifs is 3. The maximum atomic E-state index is 8.00. The summed E-state index contributed by atoms with van der Waals surface area (Å²) in [5.41, 5.74) is 7.95. The first kappa shape index (κ1) is 27.0. The molecule has 1 aromatic heterocycles. The third kappa shape index (κ3) is 4.46. The lowest BCUT2D eigenvalue weighted by atomic mass is 9.90. The molecule has 0 unspecified atom stereocenters. The van der Waals surface area contributed by atoms with Crippen LogP contribution in [0.4, 0.5) is 11.4 Å². The Morgan fingerprint density at radius 1 is 0.413 bits per heavy atom. The number of benzene rings is 7. The van der Waals surface area contributed by atoms with E-state index >= 15 is 0 Å². The molecule has 1 heterocycles. The highest BCUT2D eigenvalue weighted by Crippen LogP contribution is 2.43. The number of hydrogen-bond acceptors (Lipinski definition) is 2. The average molecular weight is 585 g/mol. The first-order valence-electron chi connectivity index (χ1n) is 15.0. The predicted molar refractivity (Wildman–Crippen MR) is 189 cm³/mol. The van der Waals surface area contributed by atoms with Gasteiger partial charge in [0.05, 0.1) is 24.4 Å². The zero-order valence-electron chi connectivity index (χ0n) is 24.6. The lowest BCUT2D eigenvalue weighted by molar-refractivity contribution is 1.23. The van der Waals surface area contributed by atoms with Gasteiger partial charge in [0.15, 0.2) is 11.4 Å². The molecule has 0 atom stereocenters. The van der Waals surface area contributed by atoms with Gasteiger partial charge in [-0.1, -0.05) is 133 Å². The van der Waals surface area contributed by atoms with E-state index in [-0.39, 0.29) is 0 Å². The summed E-state index contributed by atoms with van der Waals surface area (Å²) in [7, 11) is 0. The minimum absolute atomic E-state index is 0.452. The summed E-state index contributed by atoms with van der Waals surface area (Å²) in [6, 6.07) is 48.9. The molecule has 212 valence electrons. The Morgan fingerprint density at radius 2 is 0.935 bits per heavy atom. The first-order valence-corrected chi connectivity index (χ1v) is 15.0. The Labute approximate surface area is 266 Å². The standard InChI is InChI=1S/C42H24N4/c1-43-38-23-9-7-19-34(38)40-37-26-29(32-21-11-15-27-13-3-5-17-30(27)32)25-36(33-22-12-16-28-14-4-6-18-31(28)33)41(37)46-42(45-40)35-20-8-10-24-39(35)44-2/h3-26H. The van der Waals surface area contributed by atoms with Crippen LogP contribution in [-0.4, -0.2) is 9.97 Å². The van der Waals surface area contributed by atoms with Crippen LogP contribution in [0.25, 0.3) is 87.0 Å². The van der Waals surface area contributed by atoms with Crippen LogP contribution in [0, 0.1) is 13.1 Å². The van der Waals surface area contributed by atoms with Crippen molar-refractivity contribution in [2.24, 2.45) is 0 Å². The smallest absolute Gasteiger partial charge is 0.198 e. The number of aromatic nitrogens is 2. The molecule has 0 aliphatic heterocycles. The Bertz CT molecular complexity index is 2560. The molecule has 0 N–H and O–H groups in total. The minimum atomic E-state index is 0.452. The Balaban J connectivity index is 1.57. The molecule has 46 heavy (non-hydrogen) atoms. The van der Waals surface area contributed by atoms with E-state index in [1.165, 1.54) is 0 Å². The van der Waals surface area contributed by atoms with Gasteiger partial charge in [0.2, 0.25) is 0 Å². The fourth-order valence-electron chi connectivity index (χ4n) is 6.39. The number of para-hydroxylation sites is 2. The van der Waals surface area contributed by atoms with Gasteiger partial charge in [-0.15, -0.1) is 0 Å². The van der Waals surface area contributed by atoms with Crippen molar-refractivity contribution in [2.75, 3.05) is 0 Å². The van der Waals surface area contributed by atoms with Crippen LogP contribution in [0.5, 0.6) is 0 Å². The summed E-state index contributed by atoms with van der Waals surface area (Å²) >= 11 is 0. The molecule has 8 rings (SSSR count). The third-order valence-corrected chi connectivity index (χ3v) is 8.53. The van der Waals surface area contributed by atoms with Gasteiger partial charge in [-0.3, -0.25) is 0 Å². The molecule has 0 aliphatic carbocycles. The number of hydrogen-bond donors (Lipinski definition) is 0. The zero-order valence-corrected chi connectivity index (χ0v) is 24.6. The van der Waals surface area contributed by atoms with Crippen LogP contribution in [-0.2, 0) is 0 Å². The molecule has 0 bridgehead atoms. The van der Waals surface area contributed by atoms with Crippen molar-refractivity contribution in [1.29, 1.82) is 0 Å². The summed E-state index contributed by atoms with van der Waals surface area (Å²) in [5.74, 6) is 0.452. The normalized spacial score (nSPS) is 11.0.